The van der Waals surface area contributed by atoms with Gasteiger partial charge in [-0.3, -0.25) is 0 Å². The van der Waals surface area contributed by atoms with Crippen LogP contribution in [0.3, 0.4) is 0 Å². The summed E-state index contributed by atoms with van der Waals surface area (Å²) in [5.74, 6) is 0. The highest BCUT2D eigenvalue weighted by Crippen LogP contribution is 2.21. The predicted molar refractivity (Wildman–Crippen MR) is 75.5 cm³/mol. The van der Waals surface area contributed by atoms with Gasteiger partial charge in [0.05, 0.1) is 0 Å². The lowest BCUT2D eigenvalue weighted by molar-refractivity contribution is 0.655. The number of aryl methyl sites for hydroxylation is 3. The van der Waals surface area contributed by atoms with Crippen LogP contribution in [-0.2, 0) is 6.42 Å². The van der Waals surface area contributed by atoms with E-state index >= 15 is 0 Å². The van der Waals surface area contributed by atoms with Gasteiger partial charge in [-0.1, -0.05) is 24.3 Å². The van der Waals surface area contributed by atoms with Crippen molar-refractivity contribution in [3.63, 3.8) is 0 Å². The Hall–Kier alpha value is -1.12. The second kappa shape index (κ2) is 5.48. The van der Waals surface area contributed by atoms with Crippen molar-refractivity contribution in [3.05, 3.63) is 57.3 Å². The topological polar surface area (TPSA) is 26.0 Å². The summed E-state index contributed by atoms with van der Waals surface area (Å²) >= 11 is 1.81. The zero-order valence-electron chi connectivity index (χ0n) is 10.4. The highest BCUT2D eigenvalue weighted by atomic mass is 32.1. The molecule has 1 aromatic heterocycles. The van der Waals surface area contributed by atoms with Crippen LogP contribution in [0.5, 0.6) is 0 Å². The van der Waals surface area contributed by atoms with Crippen molar-refractivity contribution in [3.8, 4) is 0 Å². The van der Waals surface area contributed by atoms with Crippen LogP contribution in [0, 0.1) is 13.8 Å². The molecule has 0 aliphatic rings. The lowest BCUT2D eigenvalue weighted by Gasteiger charge is -2.13. The first-order valence-electron chi connectivity index (χ1n) is 6.02. The maximum atomic E-state index is 6.24. The summed E-state index contributed by atoms with van der Waals surface area (Å²) in [7, 11) is 0. The van der Waals surface area contributed by atoms with Crippen molar-refractivity contribution < 1.29 is 0 Å². The lowest BCUT2D eigenvalue weighted by Crippen LogP contribution is -2.11. The number of hydrogen-bond donors (Lipinski definition) is 1. The summed E-state index contributed by atoms with van der Waals surface area (Å²) < 4.78 is 0. The molecule has 17 heavy (non-hydrogen) atoms. The van der Waals surface area contributed by atoms with Gasteiger partial charge in [-0.05, 0) is 54.8 Å². The fourth-order valence-corrected chi connectivity index (χ4v) is 2.64. The van der Waals surface area contributed by atoms with Crippen LogP contribution in [0.4, 0.5) is 0 Å². The van der Waals surface area contributed by atoms with E-state index in [1.807, 2.05) is 11.3 Å². The summed E-state index contributed by atoms with van der Waals surface area (Å²) in [6, 6.07) is 11.0. The molecule has 0 bridgehead atoms. The molecule has 2 heteroatoms. The number of hydrogen-bond acceptors (Lipinski definition) is 2. The zero-order valence-corrected chi connectivity index (χ0v) is 11.3. The first kappa shape index (κ1) is 12.3. The van der Waals surface area contributed by atoms with Crippen LogP contribution in [-0.4, -0.2) is 0 Å². The quantitative estimate of drug-likeness (QED) is 0.865. The van der Waals surface area contributed by atoms with E-state index in [0.29, 0.717) is 0 Å². The number of benzene rings is 1. The van der Waals surface area contributed by atoms with E-state index in [1.165, 1.54) is 21.6 Å². The molecule has 0 radical (unpaired) electrons. The fraction of sp³-hybridized carbons (Fsp3) is 0.333. The first-order chi connectivity index (χ1) is 8.16. The van der Waals surface area contributed by atoms with Crippen molar-refractivity contribution >= 4 is 11.3 Å². The monoisotopic (exact) mass is 245 g/mol. The van der Waals surface area contributed by atoms with Gasteiger partial charge in [-0.15, -0.1) is 11.3 Å². The summed E-state index contributed by atoms with van der Waals surface area (Å²) in [5.41, 5.74) is 10.1. The van der Waals surface area contributed by atoms with Gasteiger partial charge in [0.2, 0.25) is 0 Å². The second-order valence-electron chi connectivity index (χ2n) is 4.57. The predicted octanol–water partition coefficient (Wildman–Crippen LogP) is 4.00. The van der Waals surface area contributed by atoms with Gasteiger partial charge >= 0.3 is 0 Å². The van der Waals surface area contributed by atoms with E-state index in [4.69, 9.17) is 5.73 Å². The Kier molecular flexibility index (Phi) is 3.97. The van der Waals surface area contributed by atoms with Crippen LogP contribution in [0.15, 0.2) is 35.7 Å². The molecule has 0 aliphatic heterocycles. The maximum absolute atomic E-state index is 6.24. The molecule has 0 amide bonds. The molecule has 1 nitrogen and oxygen atoms in total. The summed E-state index contributed by atoms with van der Waals surface area (Å²) in [6.45, 7) is 4.28. The van der Waals surface area contributed by atoms with Gasteiger partial charge in [-0.25, -0.2) is 0 Å². The second-order valence-corrected chi connectivity index (χ2v) is 5.60. The summed E-state index contributed by atoms with van der Waals surface area (Å²) in [4.78, 5) is 1.42. The average Bonchev–Trinajstić information content (AvgIpc) is 2.82. The van der Waals surface area contributed by atoms with E-state index in [9.17, 15) is 0 Å². The van der Waals surface area contributed by atoms with Crippen LogP contribution in [0.25, 0.3) is 0 Å². The highest BCUT2D eigenvalue weighted by molar-refractivity contribution is 7.09. The fourth-order valence-electron chi connectivity index (χ4n) is 1.91. The van der Waals surface area contributed by atoms with Crippen LogP contribution >= 0.6 is 11.3 Å². The Morgan fingerprint density at radius 2 is 2.00 bits per heavy atom. The molecule has 0 saturated heterocycles. The zero-order chi connectivity index (χ0) is 12.3. The van der Waals surface area contributed by atoms with Gasteiger partial charge < -0.3 is 5.73 Å². The maximum Gasteiger partial charge on any atom is 0.0298 e. The Bertz CT molecular complexity index is 474. The van der Waals surface area contributed by atoms with Crippen molar-refractivity contribution in [2.45, 2.75) is 32.7 Å². The van der Waals surface area contributed by atoms with Crippen molar-refractivity contribution in [2.75, 3.05) is 0 Å². The molecule has 1 unspecified atom stereocenters. The number of thiophene rings is 1. The van der Waals surface area contributed by atoms with E-state index in [-0.39, 0.29) is 6.04 Å². The van der Waals surface area contributed by atoms with E-state index in [0.717, 1.165) is 12.8 Å². The molecule has 1 heterocycles. The minimum absolute atomic E-state index is 0.149. The first-order valence-corrected chi connectivity index (χ1v) is 6.90. The van der Waals surface area contributed by atoms with Gasteiger partial charge in [0.15, 0.2) is 0 Å². The van der Waals surface area contributed by atoms with Gasteiger partial charge in [0, 0.05) is 10.9 Å². The molecule has 0 spiro atoms. The van der Waals surface area contributed by atoms with Crippen molar-refractivity contribution in [1.82, 2.24) is 0 Å². The third kappa shape index (κ3) is 3.18. The smallest absolute Gasteiger partial charge is 0.0298 e. The number of rotatable bonds is 4. The standard InChI is InChI=1S/C15H19NS/c1-11-5-6-13(10-12(11)2)15(16)8-7-14-4-3-9-17-14/h3-6,9-10,15H,7-8,16H2,1-2H3. The van der Waals surface area contributed by atoms with Gasteiger partial charge in [-0.2, -0.15) is 0 Å². The van der Waals surface area contributed by atoms with E-state index < -0.39 is 0 Å². The molecular formula is C15H19NS. The molecule has 90 valence electrons. The molecule has 1 aromatic carbocycles. The summed E-state index contributed by atoms with van der Waals surface area (Å²) in [5, 5.41) is 2.12. The molecule has 0 saturated carbocycles. The third-order valence-electron chi connectivity index (χ3n) is 3.24. The molecule has 2 rings (SSSR count). The molecular weight excluding hydrogens is 226 g/mol. The highest BCUT2D eigenvalue weighted by Gasteiger charge is 2.07. The van der Waals surface area contributed by atoms with Crippen LogP contribution in [0.1, 0.15) is 34.0 Å². The Balaban J connectivity index is 1.99. The largest absolute Gasteiger partial charge is 0.324 e. The van der Waals surface area contributed by atoms with Crippen molar-refractivity contribution in [1.29, 1.82) is 0 Å². The Morgan fingerprint density at radius 3 is 2.65 bits per heavy atom. The molecule has 2 aromatic rings. The van der Waals surface area contributed by atoms with Crippen LogP contribution < -0.4 is 5.73 Å². The summed E-state index contributed by atoms with van der Waals surface area (Å²) in [6.07, 6.45) is 2.09. The average molecular weight is 245 g/mol. The normalized spacial score (nSPS) is 12.6. The Morgan fingerprint density at radius 1 is 1.18 bits per heavy atom. The van der Waals surface area contributed by atoms with Crippen LogP contribution in [0.2, 0.25) is 0 Å². The molecule has 2 N–H and O–H groups in total. The SMILES string of the molecule is Cc1ccc(C(N)CCc2cccs2)cc1C. The third-order valence-corrected chi connectivity index (χ3v) is 4.18. The Labute approximate surface area is 107 Å². The minimum Gasteiger partial charge on any atom is -0.324 e. The molecule has 1 atom stereocenters. The molecule has 0 fully saturated rings. The molecule has 0 aliphatic carbocycles. The van der Waals surface area contributed by atoms with E-state index in [2.05, 4.69) is 49.6 Å². The minimum atomic E-state index is 0.149. The number of nitrogens with two attached hydrogens (primary N) is 1. The van der Waals surface area contributed by atoms with Crippen molar-refractivity contribution in [2.24, 2.45) is 5.73 Å². The van der Waals surface area contributed by atoms with E-state index in [1.54, 1.807) is 0 Å². The van der Waals surface area contributed by atoms with Gasteiger partial charge in [0.1, 0.15) is 0 Å². The van der Waals surface area contributed by atoms with Gasteiger partial charge in [0.25, 0.3) is 0 Å². The lowest BCUT2D eigenvalue weighted by atomic mass is 9.98.